The Morgan fingerprint density at radius 3 is 2.13 bits per heavy atom. The second-order valence-electron chi connectivity index (χ2n) is 4.90. The van der Waals surface area contributed by atoms with E-state index in [0.29, 0.717) is 0 Å². The molecule has 120 valence electrons. The van der Waals surface area contributed by atoms with Crippen molar-refractivity contribution in [2.75, 3.05) is 6.61 Å². The van der Waals surface area contributed by atoms with Crippen LogP contribution in [0.1, 0.15) is 57.8 Å². The van der Waals surface area contributed by atoms with Crippen molar-refractivity contribution in [3.8, 4) is 47.9 Å². The fourth-order valence-corrected chi connectivity index (χ4v) is 1.75. The zero-order valence-electron chi connectivity index (χ0n) is 13.9. The smallest absolute Gasteiger partial charge is 0.104 e. The Kier molecular flexibility index (Phi) is 17.7. The Morgan fingerprint density at radius 2 is 1.39 bits per heavy atom. The third kappa shape index (κ3) is 19.7. The van der Waals surface area contributed by atoms with Crippen molar-refractivity contribution < 1.29 is 5.11 Å². The van der Waals surface area contributed by atoms with Crippen molar-refractivity contribution in [2.24, 2.45) is 0 Å². The van der Waals surface area contributed by atoms with Crippen LogP contribution >= 0.6 is 0 Å². The lowest BCUT2D eigenvalue weighted by atomic mass is 10.1. The monoisotopic (exact) mass is 306 g/mol. The summed E-state index contributed by atoms with van der Waals surface area (Å²) in [6.07, 6.45) is 22.4. The fraction of sp³-hybridized carbons (Fsp3) is 0.455. The molecule has 0 aliphatic rings. The van der Waals surface area contributed by atoms with Crippen molar-refractivity contribution in [3.63, 3.8) is 0 Å². The Morgan fingerprint density at radius 1 is 0.739 bits per heavy atom. The zero-order valence-corrected chi connectivity index (χ0v) is 13.9. The van der Waals surface area contributed by atoms with Crippen LogP contribution in [-0.2, 0) is 0 Å². The maximum atomic E-state index is 8.46. The van der Waals surface area contributed by atoms with Crippen molar-refractivity contribution in [1.29, 1.82) is 0 Å². The average molecular weight is 306 g/mol. The van der Waals surface area contributed by atoms with Gasteiger partial charge in [-0.3, -0.25) is 0 Å². The molecule has 0 spiro atoms. The van der Waals surface area contributed by atoms with Crippen LogP contribution in [0, 0.1) is 47.9 Å². The lowest BCUT2D eigenvalue weighted by molar-refractivity contribution is 0.350. The molecule has 0 fully saturated rings. The van der Waals surface area contributed by atoms with Gasteiger partial charge in [-0.15, -0.1) is 6.42 Å². The molecular formula is C22H26O. The largest absolute Gasteiger partial charge is 0.384 e. The molecule has 0 aliphatic carbocycles. The summed E-state index contributed by atoms with van der Waals surface area (Å²) in [5, 5.41) is 8.46. The second kappa shape index (κ2) is 19.7. The van der Waals surface area contributed by atoms with Crippen molar-refractivity contribution in [1.82, 2.24) is 0 Å². The van der Waals surface area contributed by atoms with Gasteiger partial charge in [0.15, 0.2) is 0 Å². The molecule has 0 heterocycles. The summed E-state index contributed by atoms with van der Waals surface area (Å²) < 4.78 is 0. The van der Waals surface area contributed by atoms with E-state index in [4.69, 9.17) is 11.5 Å². The Hall–Kier alpha value is -2.32. The standard InChI is InChI=1S/C22H26O/c1-2-3-4-5-6-7-8-9-10-11-12-13-14-15-16-17-18-19-20-21-22-23/h1,3-4,18-19,23H,5-10,15-17,22H2/b4-3+,19-18+. The van der Waals surface area contributed by atoms with E-state index in [1.54, 1.807) is 12.2 Å². The molecule has 1 nitrogen and oxygen atoms in total. The van der Waals surface area contributed by atoms with Gasteiger partial charge in [-0.25, -0.2) is 0 Å². The molecule has 0 rings (SSSR count). The first-order chi connectivity index (χ1) is 11.4. The molecule has 0 aromatic heterocycles. The van der Waals surface area contributed by atoms with E-state index in [-0.39, 0.29) is 6.61 Å². The number of aliphatic hydroxyl groups excluding tert-OH is 1. The van der Waals surface area contributed by atoms with Gasteiger partial charge in [0.25, 0.3) is 0 Å². The van der Waals surface area contributed by atoms with Gasteiger partial charge in [-0.05, 0) is 56.1 Å². The number of aliphatic hydroxyl groups is 1. The zero-order chi connectivity index (χ0) is 16.8. The predicted octanol–water partition coefficient (Wildman–Crippen LogP) is 4.25. The van der Waals surface area contributed by atoms with Crippen molar-refractivity contribution in [3.05, 3.63) is 24.3 Å². The highest BCUT2D eigenvalue weighted by atomic mass is 16.2. The SMILES string of the molecule is C#C/C=C/CCCCCCC#CC#CCCC/C=C/C#CCO. The third-order valence-electron chi connectivity index (χ3n) is 2.93. The second-order valence-corrected chi connectivity index (χ2v) is 4.90. The molecular weight excluding hydrogens is 280 g/mol. The number of allylic oxidation sites excluding steroid dienone is 4. The molecule has 0 aromatic carbocycles. The van der Waals surface area contributed by atoms with Crippen LogP contribution in [0.4, 0.5) is 0 Å². The topological polar surface area (TPSA) is 20.2 Å². The van der Waals surface area contributed by atoms with Gasteiger partial charge in [0, 0.05) is 12.8 Å². The first-order valence-electron chi connectivity index (χ1n) is 8.23. The van der Waals surface area contributed by atoms with Gasteiger partial charge in [0.2, 0.25) is 0 Å². The third-order valence-corrected chi connectivity index (χ3v) is 2.93. The minimum atomic E-state index is -0.0850. The van der Waals surface area contributed by atoms with E-state index in [2.05, 4.69) is 41.4 Å². The molecule has 0 bridgehead atoms. The predicted molar refractivity (Wildman–Crippen MR) is 99.1 cm³/mol. The van der Waals surface area contributed by atoms with E-state index in [0.717, 1.165) is 38.5 Å². The first-order valence-corrected chi connectivity index (χ1v) is 8.23. The van der Waals surface area contributed by atoms with Gasteiger partial charge in [0.1, 0.15) is 6.61 Å². The molecule has 0 unspecified atom stereocenters. The summed E-state index contributed by atoms with van der Waals surface area (Å²) in [4.78, 5) is 0. The van der Waals surface area contributed by atoms with E-state index >= 15 is 0 Å². The number of rotatable bonds is 9. The molecule has 0 aromatic rings. The van der Waals surface area contributed by atoms with Crippen LogP contribution in [-0.4, -0.2) is 11.7 Å². The van der Waals surface area contributed by atoms with Gasteiger partial charge in [-0.2, -0.15) is 0 Å². The number of unbranched alkanes of at least 4 members (excludes halogenated alkanes) is 7. The maximum absolute atomic E-state index is 8.46. The summed E-state index contributed by atoms with van der Waals surface area (Å²) in [5.41, 5.74) is 0. The summed E-state index contributed by atoms with van der Waals surface area (Å²) in [6, 6.07) is 0. The Bertz CT molecular complexity index is 553. The normalized spacial score (nSPS) is 9.39. The lowest BCUT2D eigenvalue weighted by Gasteiger charge is -1.94. The van der Waals surface area contributed by atoms with Crippen LogP contribution in [0.15, 0.2) is 24.3 Å². The number of terminal acetylenes is 1. The fourth-order valence-electron chi connectivity index (χ4n) is 1.75. The van der Waals surface area contributed by atoms with Crippen LogP contribution in [0.5, 0.6) is 0 Å². The molecule has 0 saturated carbocycles. The van der Waals surface area contributed by atoms with E-state index in [1.165, 1.54) is 19.3 Å². The van der Waals surface area contributed by atoms with E-state index in [1.807, 2.05) is 12.2 Å². The van der Waals surface area contributed by atoms with Crippen LogP contribution in [0.25, 0.3) is 0 Å². The van der Waals surface area contributed by atoms with E-state index < -0.39 is 0 Å². The van der Waals surface area contributed by atoms with Crippen LogP contribution in [0.2, 0.25) is 0 Å². The van der Waals surface area contributed by atoms with Gasteiger partial charge in [0.05, 0.1) is 0 Å². The highest BCUT2D eigenvalue weighted by molar-refractivity contribution is 5.25. The summed E-state index contributed by atoms with van der Waals surface area (Å²) in [6.45, 7) is -0.0850. The molecule has 1 N–H and O–H groups in total. The molecule has 23 heavy (non-hydrogen) atoms. The molecule has 0 radical (unpaired) electrons. The highest BCUT2D eigenvalue weighted by Crippen LogP contribution is 2.05. The first kappa shape index (κ1) is 20.7. The van der Waals surface area contributed by atoms with Gasteiger partial charge in [-0.1, -0.05) is 54.6 Å². The highest BCUT2D eigenvalue weighted by Gasteiger charge is 1.86. The van der Waals surface area contributed by atoms with Gasteiger partial charge >= 0.3 is 0 Å². The minimum Gasteiger partial charge on any atom is -0.384 e. The van der Waals surface area contributed by atoms with Crippen LogP contribution in [0.3, 0.4) is 0 Å². The number of hydrogen-bond acceptors (Lipinski definition) is 1. The Balaban J connectivity index is 3.44. The quantitative estimate of drug-likeness (QED) is 0.499. The van der Waals surface area contributed by atoms with Gasteiger partial charge < -0.3 is 5.11 Å². The molecule has 0 aliphatic heterocycles. The van der Waals surface area contributed by atoms with Crippen LogP contribution < -0.4 is 0 Å². The molecule has 0 amide bonds. The van der Waals surface area contributed by atoms with E-state index in [9.17, 15) is 0 Å². The molecule has 0 atom stereocenters. The summed E-state index contributed by atoms with van der Waals surface area (Å²) >= 11 is 0. The molecule has 1 heteroatoms. The lowest BCUT2D eigenvalue weighted by Crippen LogP contribution is -1.76. The van der Waals surface area contributed by atoms with Crippen molar-refractivity contribution >= 4 is 0 Å². The number of hydrogen-bond donors (Lipinski definition) is 1. The molecule has 0 saturated heterocycles. The average Bonchev–Trinajstić information content (AvgIpc) is 2.57. The van der Waals surface area contributed by atoms with Crippen molar-refractivity contribution in [2.45, 2.75) is 57.8 Å². The summed E-state index contributed by atoms with van der Waals surface area (Å²) in [5.74, 6) is 19.8. The maximum Gasteiger partial charge on any atom is 0.104 e. The summed E-state index contributed by atoms with van der Waals surface area (Å²) in [7, 11) is 0. The minimum absolute atomic E-state index is 0.0850. The Labute approximate surface area is 142 Å².